The minimum Gasteiger partial charge on any atom is -0.458 e. The smallest absolute Gasteiger partial charge is 0.336 e. The van der Waals surface area contributed by atoms with E-state index in [9.17, 15) is 19.8 Å². The lowest BCUT2D eigenvalue weighted by atomic mass is 9.85. The van der Waals surface area contributed by atoms with E-state index in [0.29, 0.717) is 12.8 Å². The van der Waals surface area contributed by atoms with Gasteiger partial charge in [0, 0.05) is 12.0 Å². The van der Waals surface area contributed by atoms with Gasteiger partial charge in [0.1, 0.15) is 12.2 Å². The second kappa shape index (κ2) is 8.01. The zero-order chi connectivity index (χ0) is 19.6. The van der Waals surface area contributed by atoms with Gasteiger partial charge in [0.2, 0.25) is 0 Å². The third kappa shape index (κ3) is 4.51. The highest BCUT2D eigenvalue weighted by Gasteiger charge is 2.44. The number of hydrogen-bond donors (Lipinski definition) is 2. The number of esters is 2. The molecule has 2 aliphatic rings. The lowest BCUT2D eigenvalue weighted by molar-refractivity contribution is -0.148. The van der Waals surface area contributed by atoms with Gasteiger partial charge in [-0.3, -0.25) is 0 Å². The predicted octanol–water partition coefficient (Wildman–Crippen LogP) is 1.98. The van der Waals surface area contributed by atoms with Crippen LogP contribution in [0.15, 0.2) is 47.6 Å². The second-order valence-electron chi connectivity index (χ2n) is 7.07. The molecule has 0 aromatic rings. The molecule has 142 valence electrons. The molecule has 0 unspecified atom stereocenters. The van der Waals surface area contributed by atoms with Crippen molar-refractivity contribution in [2.75, 3.05) is 0 Å². The van der Waals surface area contributed by atoms with Crippen LogP contribution in [0.5, 0.6) is 0 Å². The van der Waals surface area contributed by atoms with Gasteiger partial charge < -0.3 is 19.7 Å². The Morgan fingerprint density at radius 3 is 2.54 bits per heavy atom. The molecule has 26 heavy (non-hydrogen) atoms. The van der Waals surface area contributed by atoms with Crippen LogP contribution in [-0.2, 0) is 19.1 Å². The van der Waals surface area contributed by atoms with Crippen molar-refractivity contribution in [2.45, 2.75) is 58.0 Å². The van der Waals surface area contributed by atoms with E-state index in [-0.39, 0.29) is 11.1 Å². The summed E-state index contributed by atoms with van der Waals surface area (Å²) in [5.41, 5.74) is 1.86. The molecule has 0 spiro atoms. The minimum atomic E-state index is -1.04. The number of aliphatic hydroxyl groups is 2. The Hall–Kier alpha value is -2.18. The monoisotopic (exact) mass is 362 g/mol. The lowest BCUT2D eigenvalue weighted by Gasteiger charge is -2.28. The van der Waals surface area contributed by atoms with Crippen molar-refractivity contribution in [3.8, 4) is 0 Å². The molecule has 2 rings (SSSR count). The van der Waals surface area contributed by atoms with E-state index in [2.05, 4.69) is 13.2 Å². The van der Waals surface area contributed by atoms with Crippen LogP contribution >= 0.6 is 0 Å². The average molecular weight is 362 g/mol. The summed E-state index contributed by atoms with van der Waals surface area (Å²) in [5, 5.41) is 19.7. The molecule has 2 N–H and O–H groups in total. The van der Waals surface area contributed by atoms with Gasteiger partial charge in [-0.05, 0) is 33.3 Å². The number of carbonyl (C=O) groups excluding carboxylic acids is 2. The molecule has 0 bridgehead atoms. The Balaban J connectivity index is 2.40. The van der Waals surface area contributed by atoms with Crippen LogP contribution < -0.4 is 0 Å². The SMILES string of the molecule is C=C1C(=O)O[C@@H]2/C=C(\C)C[C@@H](O)/C=C(\C)C[C@@H](OC(=O)C(=C)[C@H](C)O)[C@@H]12. The molecule has 0 radical (unpaired) electrons. The van der Waals surface area contributed by atoms with Crippen molar-refractivity contribution >= 4 is 11.9 Å². The molecule has 6 nitrogen and oxygen atoms in total. The Kier molecular flexibility index (Phi) is 6.21. The standard InChI is InChI=1S/C20H26O6/c1-10-6-15(22)7-11(2)9-17-18(13(4)20(24)26-17)16(8-10)25-19(23)12(3)14(5)21/h6,9,14-18,21-22H,3-4,7-8H2,1-2,5H3/b10-6+,11-9+/t14-,15-,16+,17+,18+/m0/s1. The van der Waals surface area contributed by atoms with Crippen molar-refractivity contribution < 1.29 is 29.3 Å². The van der Waals surface area contributed by atoms with Crippen molar-refractivity contribution in [2.24, 2.45) is 5.92 Å². The van der Waals surface area contributed by atoms with Crippen LogP contribution in [0.3, 0.4) is 0 Å². The number of aliphatic hydroxyl groups excluding tert-OH is 2. The topological polar surface area (TPSA) is 93.1 Å². The maximum absolute atomic E-state index is 12.3. The molecule has 0 aromatic carbocycles. The van der Waals surface area contributed by atoms with Gasteiger partial charge in [0.05, 0.1) is 23.7 Å². The van der Waals surface area contributed by atoms with E-state index in [0.717, 1.165) is 11.1 Å². The Morgan fingerprint density at radius 2 is 1.92 bits per heavy atom. The van der Waals surface area contributed by atoms with E-state index in [1.807, 2.05) is 13.8 Å². The highest BCUT2D eigenvalue weighted by Crippen LogP contribution is 2.36. The zero-order valence-corrected chi connectivity index (χ0v) is 15.4. The lowest BCUT2D eigenvalue weighted by Crippen LogP contribution is -2.34. The van der Waals surface area contributed by atoms with Crippen LogP contribution in [0.4, 0.5) is 0 Å². The van der Waals surface area contributed by atoms with Crippen LogP contribution in [0.2, 0.25) is 0 Å². The maximum Gasteiger partial charge on any atom is 0.336 e. The number of carbonyl (C=O) groups is 2. The summed E-state index contributed by atoms with van der Waals surface area (Å²) in [6.45, 7) is 12.5. The summed E-state index contributed by atoms with van der Waals surface area (Å²) in [6.07, 6.45) is 1.15. The van der Waals surface area contributed by atoms with E-state index in [4.69, 9.17) is 9.47 Å². The molecule has 1 aliphatic carbocycles. The summed E-state index contributed by atoms with van der Waals surface area (Å²) < 4.78 is 11.0. The Bertz CT molecular complexity index is 684. The van der Waals surface area contributed by atoms with Crippen LogP contribution in [-0.4, -0.2) is 46.6 Å². The van der Waals surface area contributed by atoms with E-state index in [1.54, 1.807) is 12.2 Å². The number of hydrogen-bond acceptors (Lipinski definition) is 6. The summed E-state index contributed by atoms with van der Waals surface area (Å²) in [5.74, 6) is -1.80. The second-order valence-corrected chi connectivity index (χ2v) is 7.07. The van der Waals surface area contributed by atoms with Gasteiger partial charge in [-0.2, -0.15) is 0 Å². The van der Waals surface area contributed by atoms with Gasteiger partial charge in [0.25, 0.3) is 0 Å². The fourth-order valence-corrected chi connectivity index (χ4v) is 3.26. The molecule has 1 heterocycles. The highest BCUT2D eigenvalue weighted by atomic mass is 16.6. The fourth-order valence-electron chi connectivity index (χ4n) is 3.26. The summed E-state index contributed by atoms with van der Waals surface area (Å²) in [4.78, 5) is 24.3. The first kappa shape index (κ1) is 20.1. The molecule has 5 atom stereocenters. The highest BCUT2D eigenvalue weighted by molar-refractivity contribution is 5.92. The molecular weight excluding hydrogens is 336 g/mol. The van der Waals surface area contributed by atoms with Gasteiger partial charge in [0.15, 0.2) is 0 Å². The summed E-state index contributed by atoms with van der Waals surface area (Å²) in [7, 11) is 0. The third-order valence-electron chi connectivity index (χ3n) is 4.67. The largest absolute Gasteiger partial charge is 0.458 e. The predicted molar refractivity (Wildman–Crippen MR) is 96.0 cm³/mol. The third-order valence-corrected chi connectivity index (χ3v) is 4.67. The molecule has 0 saturated carbocycles. The zero-order valence-electron chi connectivity index (χ0n) is 15.4. The number of ether oxygens (including phenoxy) is 2. The molecule has 1 fully saturated rings. The number of rotatable bonds is 3. The molecule has 6 heteroatoms. The first-order valence-electron chi connectivity index (χ1n) is 8.60. The fraction of sp³-hybridized carbons (Fsp3) is 0.500. The average Bonchev–Trinajstić information content (AvgIpc) is 2.78. The minimum absolute atomic E-state index is 0.0668. The van der Waals surface area contributed by atoms with Crippen LogP contribution in [0.1, 0.15) is 33.6 Å². The first-order valence-corrected chi connectivity index (χ1v) is 8.60. The van der Waals surface area contributed by atoms with Crippen molar-refractivity contribution in [1.29, 1.82) is 0 Å². The van der Waals surface area contributed by atoms with Gasteiger partial charge >= 0.3 is 11.9 Å². The van der Waals surface area contributed by atoms with Gasteiger partial charge in [-0.15, -0.1) is 0 Å². The van der Waals surface area contributed by atoms with Gasteiger partial charge in [-0.1, -0.05) is 30.4 Å². The Labute approximate surface area is 153 Å². The normalized spacial score (nSPS) is 34.5. The van der Waals surface area contributed by atoms with E-state index in [1.165, 1.54) is 6.92 Å². The quantitative estimate of drug-likeness (QED) is 0.453. The molecule has 1 aliphatic heterocycles. The molecule has 1 saturated heterocycles. The molecular formula is C20H26O6. The summed E-state index contributed by atoms with van der Waals surface area (Å²) in [6, 6.07) is 0. The summed E-state index contributed by atoms with van der Waals surface area (Å²) >= 11 is 0. The van der Waals surface area contributed by atoms with Gasteiger partial charge in [-0.25, -0.2) is 9.59 Å². The van der Waals surface area contributed by atoms with Crippen molar-refractivity contribution in [1.82, 2.24) is 0 Å². The molecule has 0 aromatic heterocycles. The van der Waals surface area contributed by atoms with Crippen molar-refractivity contribution in [3.05, 3.63) is 47.6 Å². The molecule has 0 amide bonds. The van der Waals surface area contributed by atoms with Crippen LogP contribution in [0, 0.1) is 5.92 Å². The van der Waals surface area contributed by atoms with E-state index < -0.39 is 42.3 Å². The first-order chi connectivity index (χ1) is 12.1. The Morgan fingerprint density at radius 1 is 1.31 bits per heavy atom. The maximum atomic E-state index is 12.3. The van der Waals surface area contributed by atoms with E-state index >= 15 is 0 Å². The number of fused-ring (bicyclic) bond motifs is 1. The van der Waals surface area contributed by atoms with Crippen LogP contribution in [0.25, 0.3) is 0 Å². The van der Waals surface area contributed by atoms with Crippen molar-refractivity contribution in [3.63, 3.8) is 0 Å².